The van der Waals surface area contributed by atoms with Crippen molar-refractivity contribution in [3.8, 4) is 0 Å². The van der Waals surface area contributed by atoms with Crippen LogP contribution < -0.4 is 0 Å². The van der Waals surface area contributed by atoms with Crippen molar-refractivity contribution in [1.82, 2.24) is 14.6 Å². The highest BCUT2D eigenvalue weighted by Crippen LogP contribution is 2.26. The number of hydrogen-bond donors (Lipinski definition) is 0. The molecule has 0 saturated carbocycles. The summed E-state index contributed by atoms with van der Waals surface area (Å²) < 4.78 is 7.15. The highest BCUT2D eigenvalue weighted by atomic mass is 16.5. The van der Waals surface area contributed by atoms with E-state index in [9.17, 15) is 4.79 Å². The lowest BCUT2D eigenvalue weighted by atomic mass is 10.1. The predicted molar refractivity (Wildman–Crippen MR) is 65.1 cm³/mol. The summed E-state index contributed by atoms with van der Waals surface area (Å²) >= 11 is 0. The third-order valence-electron chi connectivity index (χ3n) is 3.45. The van der Waals surface area contributed by atoms with Crippen LogP contribution in [0.5, 0.6) is 0 Å². The number of aromatic nitrogens is 2. The van der Waals surface area contributed by atoms with Crippen LogP contribution in [0.4, 0.5) is 0 Å². The van der Waals surface area contributed by atoms with Gasteiger partial charge in [-0.25, -0.2) is 0 Å². The first-order valence-corrected chi connectivity index (χ1v) is 6.06. The van der Waals surface area contributed by atoms with Gasteiger partial charge in [0.1, 0.15) is 5.76 Å². The SMILES string of the molecule is Cc1cc(C(=O)N2CCn3cccc3[C@@H]2C)no1. The fourth-order valence-electron chi connectivity index (χ4n) is 2.47. The maximum Gasteiger partial charge on any atom is 0.276 e. The average molecular weight is 245 g/mol. The van der Waals surface area contributed by atoms with Crippen molar-refractivity contribution in [2.45, 2.75) is 26.4 Å². The number of aryl methyl sites for hydroxylation is 1. The van der Waals surface area contributed by atoms with Crippen molar-refractivity contribution in [2.24, 2.45) is 0 Å². The Kier molecular flexibility index (Phi) is 2.47. The summed E-state index contributed by atoms with van der Waals surface area (Å²) in [6, 6.07) is 5.82. The van der Waals surface area contributed by atoms with Crippen LogP contribution in [0.1, 0.15) is 34.9 Å². The zero-order valence-corrected chi connectivity index (χ0v) is 10.5. The van der Waals surface area contributed by atoms with E-state index < -0.39 is 0 Å². The lowest BCUT2D eigenvalue weighted by molar-refractivity contribution is 0.0633. The Labute approximate surface area is 105 Å². The van der Waals surface area contributed by atoms with E-state index in [1.165, 1.54) is 0 Å². The lowest BCUT2D eigenvalue weighted by Crippen LogP contribution is -2.40. The zero-order chi connectivity index (χ0) is 12.7. The minimum absolute atomic E-state index is 0.0631. The van der Waals surface area contributed by atoms with Crippen LogP contribution in [-0.4, -0.2) is 27.1 Å². The van der Waals surface area contributed by atoms with E-state index in [4.69, 9.17) is 4.52 Å². The third kappa shape index (κ3) is 1.63. The van der Waals surface area contributed by atoms with Crippen molar-refractivity contribution >= 4 is 5.91 Å². The molecule has 0 aliphatic carbocycles. The standard InChI is InChI=1S/C13H15N3O2/c1-9-8-11(14-18-9)13(17)16-7-6-15-5-3-4-12(15)10(16)2/h3-5,8,10H,6-7H2,1-2H3/t10-/m0/s1. The smallest absolute Gasteiger partial charge is 0.276 e. The molecule has 0 spiro atoms. The fraction of sp³-hybridized carbons (Fsp3) is 0.385. The van der Waals surface area contributed by atoms with Gasteiger partial charge in [0.05, 0.1) is 6.04 Å². The van der Waals surface area contributed by atoms with E-state index in [0.29, 0.717) is 18.0 Å². The van der Waals surface area contributed by atoms with Gasteiger partial charge in [-0.1, -0.05) is 5.16 Å². The number of nitrogens with zero attached hydrogens (tertiary/aromatic N) is 3. The Morgan fingerprint density at radius 2 is 2.33 bits per heavy atom. The molecule has 3 rings (SSSR count). The van der Waals surface area contributed by atoms with Gasteiger partial charge in [0.15, 0.2) is 5.69 Å². The molecule has 1 amide bonds. The third-order valence-corrected chi connectivity index (χ3v) is 3.45. The van der Waals surface area contributed by atoms with E-state index in [1.807, 2.05) is 24.1 Å². The van der Waals surface area contributed by atoms with Crippen molar-refractivity contribution in [2.75, 3.05) is 6.54 Å². The maximum absolute atomic E-state index is 12.3. The van der Waals surface area contributed by atoms with Crippen molar-refractivity contribution < 1.29 is 9.32 Å². The predicted octanol–water partition coefficient (Wildman–Crippen LogP) is 2.00. The molecule has 0 N–H and O–H groups in total. The Morgan fingerprint density at radius 3 is 3.06 bits per heavy atom. The molecule has 0 saturated heterocycles. The number of amides is 1. The van der Waals surface area contributed by atoms with Crippen LogP contribution in [0, 0.1) is 6.92 Å². The Morgan fingerprint density at radius 1 is 1.50 bits per heavy atom. The van der Waals surface area contributed by atoms with Gasteiger partial charge < -0.3 is 14.0 Å². The van der Waals surface area contributed by atoms with E-state index in [-0.39, 0.29) is 11.9 Å². The molecule has 0 fully saturated rings. The Balaban J connectivity index is 1.88. The van der Waals surface area contributed by atoms with Crippen molar-refractivity contribution in [1.29, 1.82) is 0 Å². The van der Waals surface area contributed by atoms with Crippen molar-refractivity contribution in [3.05, 3.63) is 41.5 Å². The minimum Gasteiger partial charge on any atom is -0.361 e. The number of rotatable bonds is 1. The number of carbonyl (C=O) groups excluding carboxylic acids is 1. The summed E-state index contributed by atoms with van der Waals surface area (Å²) in [4.78, 5) is 14.2. The highest BCUT2D eigenvalue weighted by molar-refractivity contribution is 5.92. The molecule has 1 atom stereocenters. The second-order valence-electron chi connectivity index (χ2n) is 4.62. The van der Waals surface area contributed by atoms with Crippen LogP contribution in [0.2, 0.25) is 0 Å². The van der Waals surface area contributed by atoms with Gasteiger partial charge in [-0.2, -0.15) is 0 Å². The zero-order valence-electron chi connectivity index (χ0n) is 10.5. The molecule has 2 aromatic rings. The van der Waals surface area contributed by atoms with Gasteiger partial charge in [-0.15, -0.1) is 0 Å². The van der Waals surface area contributed by atoms with Gasteiger partial charge in [0, 0.05) is 31.0 Å². The summed E-state index contributed by atoms with van der Waals surface area (Å²) in [6.45, 7) is 5.35. The average Bonchev–Trinajstić information content (AvgIpc) is 2.97. The first-order valence-electron chi connectivity index (χ1n) is 6.06. The largest absolute Gasteiger partial charge is 0.361 e. The number of carbonyl (C=O) groups is 1. The second kappa shape index (κ2) is 4.01. The molecule has 18 heavy (non-hydrogen) atoms. The molecule has 5 heteroatoms. The highest BCUT2D eigenvalue weighted by Gasteiger charge is 2.29. The Hall–Kier alpha value is -2.04. The summed E-state index contributed by atoms with van der Waals surface area (Å²) in [5.74, 6) is 0.596. The minimum atomic E-state index is -0.0631. The van der Waals surface area contributed by atoms with E-state index >= 15 is 0 Å². The molecule has 2 aromatic heterocycles. The van der Waals surface area contributed by atoms with Crippen LogP contribution in [0.25, 0.3) is 0 Å². The van der Waals surface area contributed by atoms with E-state index in [1.54, 1.807) is 13.0 Å². The molecule has 0 unspecified atom stereocenters. The molecule has 94 valence electrons. The summed E-state index contributed by atoms with van der Waals surface area (Å²) in [7, 11) is 0. The maximum atomic E-state index is 12.3. The van der Waals surface area contributed by atoms with E-state index in [0.717, 1.165) is 12.2 Å². The fourth-order valence-corrected chi connectivity index (χ4v) is 2.47. The molecule has 1 aliphatic rings. The van der Waals surface area contributed by atoms with Gasteiger partial charge in [0.25, 0.3) is 5.91 Å². The molecule has 1 aliphatic heterocycles. The molecule has 0 aromatic carbocycles. The Bertz CT molecular complexity index is 585. The monoisotopic (exact) mass is 245 g/mol. The normalized spacial score (nSPS) is 18.8. The molecule has 0 radical (unpaired) electrons. The molecule has 3 heterocycles. The van der Waals surface area contributed by atoms with Crippen LogP contribution >= 0.6 is 0 Å². The quantitative estimate of drug-likeness (QED) is 0.772. The number of fused-ring (bicyclic) bond motifs is 1. The molecular weight excluding hydrogens is 230 g/mol. The molecular formula is C13H15N3O2. The second-order valence-corrected chi connectivity index (χ2v) is 4.62. The topological polar surface area (TPSA) is 51.3 Å². The van der Waals surface area contributed by atoms with Gasteiger partial charge in [-0.3, -0.25) is 4.79 Å². The van der Waals surface area contributed by atoms with E-state index in [2.05, 4.69) is 15.8 Å². The first-order chi connectivity index (χ1) is 8.66. The first kappa shape index (κ1) is 11.1. The van der Waals surface area contributed by atoms with Crippen LogP contribution in [0.3, 0.4) is 0 Å². The van der Waals surface area contributed by atoms with Gasteiger partial charge >= 0.3 is 0 Å². The summed E-state index contributed by atoms with van der Waals surface area (Å²) in [5.41, 5.74) is 1.55. The van der Waals surface area contributed by atoms with Gasteiger partial charge in [0.2, 0.25) is 0 Å². The lowest BCUT2D eigenvalue weighted by Gasteiger charge is -2.34. The van der Waals surface area contributed by atoms with Crippen LogP contribution in [0.15, 0.2) is 28.9 Å². The van der Waals surface area contributed by atoms with Crippen LogP contribution in [-0.2, 0) is 6.54 Å². The summed E-state index contributed by atoms with van der Waals surface area (Å²) in [5, 5.41) is 3.80. The summed E-state index contributed by atoms with van der Waals surface area (Å²) in [6.07, 6.45) is 2.05. The molecule has 5 nitrogen and oxygen atoms in total. The number of hydrogen-bond acceptors (Lipinski definition) is 3. The van der Waals surface area contributed by atoms with Gasteiger partial charge in [-0.05, 0) is 26.0 Å². The molecule has 0 bridgehead atoms. The van der Waals surface area contributed by atoms with Crippen molar-refractivity contribution in [3.63, 3.8) is 0 Å².